The van der Waals surface area contributed by atoms with Crippen LogP contribution in [0.25, 0.3) is 11.1 Å². The normalized spacial score (nSPS) is 14.2. The summed E-state index contributed by atoms with van der Waals surface area (Å²) in [5.41, 5.74) is 5.87. The Morgan fingerprint density at radius 1 is 0.526 bits per heavy atom. The van der Waals surface area contributed by atoms with E-state index in [1.165, 1.54) is 141 Å². The fourth-order valence-electron chi connectivity index (χ4n) is 11.2. The molecule has 2 heterocycles. The predicted octanol–water partition coefficient (Wildman–Crippen LogP) is 16.9. The molecule has 19 nitrogen and oxygen atoms in total. The van der Waals surface area contributed by atoms with Crippen LogP contribution < -0.4 is 19.5 Å². The number of amides is 1. The van der Waals surface area contributed by atoms with E-state index >= 15 is 0 Å². The third-order valence-corrected chi connectivity index (χ3v) is 17.8. The van der Waals surface area contributed by atoms with Crippen LogP contribution in [-0.2, 0) is 61.2 Å². The quantitative estimate of drug-likeness (QED) is 0.0304. The van der Waals surface area contributed by atoms with Crippen LogP contribution in [0.15, 0.2) is 65.7 Å². The molecule has 0 spiro atoms. The minimum atomic E-state index is -4.63. The minimum Gasteiger partial charge on any atom is -0.485 e. The Morgan fingerprint density at radius 3 is 1.65 bits per heavy atom. The van der Waals surface area contributed by atoms with Gasteiger partial charge in [0.1, 0.15) is 44.5 Å². The zero-order chi connectivity index (χ0) is 67.7. The van der Waals surface area contributed by atoms with Gasteiger partial charge in [-0.2, -0.15) is 0 Å². The monoisotopic (exact) mass is 1350 g/mol. The zero-order valence-corrected chi connectivity index (χ0v) is 58.9. The molecule has 2 aliphatic rings. The maximum Gasteiger partial charge on any atom is 0.472 e. The van der Waals surface area contributed by atoms with Crippen molar-refractivity contribution in [3.05, 3.63) is 71.8 Å². The summed E-state index contributed by atoms with van der Waals surface area (Å²) in [4.78, 5) is 65.7. The van der Waals surface area contributed by atoms with E-state index in [2.05, 4.69) is 31.3 Å². The molecule has 0 aromatic heterocycles. The Bertz CT molecular complexity index is 2650. The van der Waals surface area contributed by atoms with E-state index in [1.807, 2.05) is 55.5 Å². The number of hydrogen-bond acceptors (Lipinski definition) is 17. The summed E-state index contributed by atoms with van der Waals surface area (Å²) in [6.07, 6.45) is 35.2. The number of carbonyl (C=O) groups excluding carboxylic acids is 4. The average molecular weight is 1350 g/mol. The molecule has 20 heteroatoms. The van der Waals surface area contributed by atoms with E-state index in [1.54, 1.807) is 0 Å². The highest BCUT2D eigenvalue weighted by molar-refractivity contribution is 7.47. The van der Waals surface area contributed by atoms with E-state index in [9.17, 15) is 28.6 Å². The van der Waals surface area contributed by atoms with Gasteiger partial charge in [0, 0.05) is 25.8 Å². The largest absolute Gasteiger partial charge is 0.485 e. The van der Waals surface area contributed by atoms with Crippen molar-refractivity contribution >= 4 is 42.9 Å². The molecule has 2 N–H and O–H groups in total. The van der Waals surface area contributed by atoms with E-state index < -0.39 is 38.8 Å². The van der Waals surface area contributed by atoms with Gasteiger partial charge in [0.25, 0.3) is 6.29 Å². The Labute approximate surface area is 568 Å². The highest BCUT2D eigenvalue weighted by atomic mass is 31.2. The van der Waals surface area contributed by atoms with Crippen LogP contribution in [-0.4, -0.2) is 132 Å². The van der Waals surface area contributed by atoms with Crippen molar-refractivity contribution in [2.75, 3.05) is 85.8 Å². The lowest BCUT2D eigenvalue weighted by Gasteiger charge is -2.20. The maximum atomic E-state index is 12.9. The summed E-state index contributed by atoms with van der Waals surface area (Å²) in [5.74, 6) is 0.555. The van der Waals surface area contributed by atoms with Gasteiger partial charge in [0.2, 0.25) is 5.91 Å². The molecule has 3 atom stereocenters. The molecule has 5 rings (SSSR count). The molecule has 0 fully saturated rings. The second-order valence-corrected chi connectivity index (χ2v) is 26.8. The molecule has 0 saturated heterocycles. The van der Waals surface area contributed by atoms with Gasteiger partial charge in [-0.05, 0) is 72.7 Å². The number of benzene rings is 3. The first-order valence-corrected chi connectivity index (χ1v) is 37.9. The second-order valence-electron chi connectivity index (χ2n) is 25.3. The van der Waals surface area contributed by atoms with Gasteiger partial charge in [0.05, 0.1) is 52.0 Å². The van der Waals surface area contributed by atoms with Crippen LogP contribution in [0.2, 0.25) is 0 Å². The van der Waals surface area contributed by atoms with Gasteiger partial charge in [0.15, 0.2) is 23.4 Å². The average Bonchev–Trinajstić information content (AvgIpc) is 1.81. The Balaban J connectivity index is 0.846. The smallest absolute Gasteiger partial charge is 0.472 e. The van der Waals surface area contributed by atoms with E-state index in [0.717, 1.165) is 77.9 Å². The molecule has 534 valence electrons. The van der Waals surface area contributed by atoms with Crippen molar-refractivity contribution in [2.45, 2.75) is 251 Å². The summed E-state index contributed by atoms with van der Waals surface area (Å²) in [5, 5.41) is 2.72. The third kappa shape index (κ3) is 37.9. The molecular formula is C75H117N2O17P. The number of phosphoric ester groups is 1. The van der Waals surface area contributed by atoms with Crippen LogP contribution in [0.1, 0.15) is 243 Å². The Hall–Kier alpha value is -5.24. The Kier molecular flexibility index (Phi) is 43.2. The van der Waals surface area contributed by atoms with Crippen LogP contribution in [0.4, 0.5) is 5.69 Å². The molecule has 2 aliphatic heterocycles. The number of hydrogen-bond donors (Lipinski definition) is 2. The number of Topliss-reactive ketones (excluding diaryl/α,β-unsaturated/α-hetero) is 1. The summed E-state index contributed by atoms with van der Waals surface area (Å²) in [7, 11) is -4.63. The highest BCUT2D eigenvalue weighted by Crippen LogP contribution is 2.44. The van der Waals surface area contributed by atoms with Crippen LogP contribution in [0.5, 0.6) is 17.2 Å². The van der Waals surface area contributed by atoms with E-state index in [4.69, 9.17) is 56.7 Å². The Morgan fingerprint density at radius 2 is 1.04 bits per heavy atom. The summed E-state index contributed by atoms with van der Waals surface area (Å²) >= 11 is 0. The third-order valence-electron chi connectivity index (χ3n) is 16.8. The first-order valence-electron chi connectivity index (χ1n) is 36.4. The number of nitrogens with zero attached hydrogens (tertiary/aromatic N) is 1. The van der Waals surface area contributed by atoms with E-state index in [-0.39, 0.29) is 96.8 Å². The lowest BCUT2D eigenvalue weighted by atomic mass is 10.0. The molecule has 3 unspecified atom stereocenters. The topological polar surface area (TPSA) is 231 Å². The number of ether oxygens (including phenoxy) is 9. The molecule has 3 aromatic rings. The number of carbonyl (C=O) groups is 4. The molecule has 0 saturated carbocycles. The summed E-state index contributed by atoms with van der Waals surface area (Å²) in [6, 6.07) is 20.1. The molecule has 0 radical (unpaired) electrons. The maximum absolute atomic E-state index is 12.9. The lowest BCUT2D eigenvalue weighted by Crippen LogP contribution is -2.31. The van der Waals surface area contributed by atoms with E-state index in [0.29, 0.717) is 44.2 Å². The fraction of sp³-hybridized carbons (Fsp3) is 0.693. The van der Waals surface area contributed by atoms with Crippen LogP contribution in [0, 0.1) is 6.92 Å². The summed E-state index contributed by atoms with van der Waals surface area (Å²) in [6.45, 7) is 6.92. The van der Waals surface area contributed by atoms with Gasteiger partial charge >= 0.3 is 19.8 Å². The minimum absolute atomic E-state index is 0.00797. The van der Waals surface area contributed by atoms with Gasteiger partial charge in [-0.3, -0.25) is 28.2 Å². The predicted molar refractivity (Wildman–Crippen MR) is 372 cm³/mol. The van der Waals surface area contributed by atoms with Crippen molar-refractivity contribution in [1.82, 2.24) is 5.32 Å². The number of nitrogens with one attached hydrogen (secondary N) is 1. The van der Waals surface area contributed by atoms with Gasteiger partial charge < -0.3 is 52.8 Å². The first kappa shape index (κ1) is 80.4. The van der Waals surface area contributed by atoms with Crippen molar-refractivity contribution in [3.63, 3.8) is 0 Å². The molecule has 0 bridgehead atoms. The second kappa shape index (κ2) is 51.0. The molecular weight excluding hydrogens is 1230 g/mol. The molecule has 1 amide bonds. The first-order chi connectivity index (χ1) is 46.4. The standard InChI is InChI=1S/C75H117N2O17P/c1-4-6-8-10-12-14-16-18-20-22-24-26-28-30-32-36-73(80)89-56-66(92-74(81)37-33-31-29-27-25-23-21-19-17-15-13-11-9-7-5-2)57-91-95(82,83)90-47-34-35-65(78)55-85-51-52-86-59-72(79)76-46-48-84-49-50-87-60-75-93-70-45-43-64(54-71(70)94-75)62-39-41-63(42-40-62)68-58-88-69-44-38-61(3)53-67(69)77-68/h38-45,53-54,66,75H,4-37,46-52,55-60H2,1-3H3,(H,76,79)(H,82,83). The molecule has 3 aromatic carbocycles. The molecule has 0 aliphatic carbocycles. The van der Waals surface area contributed by atoms with Crippen molar-refractivity contribution in [1.29, 1.82) is 0 Å². The van der Waals surface area contributed by atoms with Gasteiger partial charge in [-0.15, -0.1) is 0 Å². The van der Waals surface area contributed by atoms with Crippen LogP contribution >= 0.6 is 7.82 Å². The highest BCUT2D eigenvalue weighted by Gasteiger charge is 2.28. The van der Waals surface area contributed by atoms with Crippen LogP contribution in [0.3, 0.4) is 0 Å². The van der Waals surface area contributed by atoms with Crippen molar-refractivity contribution in [2.24, 2.45) is 4.99 Å². The van der Waals surface area contributed by atoms with Gasteiger partial charge in [-0.1, -0.05) is 230 Å². The van der Waals surface area contributed by atoms with Crippen molar-refractivity contribution in [3.8, 4) is 28.4 Å². The van der Waals surface area contributed by atoms with Gasteiger partial charge in [-0.25, -0.2) is 9.56 Å². The number of unbranched alkanes of at least 4 members (excludes halogenated alkanes) is 28. The number of esters is 2. The number of phosphoric acid groups is 1. The zero-order valence-electron chi connectivity index (χ0n) is 58.0. The van der Waals surface area contributed by atoms with Crippen molar-refractivity contribution < 1.29 is 80.3 Å². The number of rotatable bonds is 60. The molecule has 95 heavy (non-hydrogen) atoms. The SMILES string of the molecule is CCCCCCCCCCCCCCCCCC(=O)OCC(COP(=O)(O)OCCCC(=O)COCCOCC(=O)NCCOCCOCC1Oc2ccc(-c3ccc(C4=Nc5cc(C)ccc5OC4)cc3)cc2O1)OC(=O)CCCCCCCCCCCCCCCCC. The summed E-state index contributed by atoms with van der Waals surface area (Å²) < 4.78 is 74.3. The fourth-order valence-corrected chi connectivity index (χ4v) is 12.0. The number of ketones is 1. The lowest BCUT2D eigenvalue weighted by molar-refractivity contribution is -0.161. The number of aliphatic imine (C=N–C) groups is 1. The number of fused-ring (bicyclic) bond motifs is 2. The number of aryl methyl sites for hydroxylation is 1.